The van der Waals surface area contributed by atoms with Gasteiger partial charge in [-0.25, -0.2) is 4.98 Å². The number of nitrogens with zero attached hydrogens (tertiary/aromatic N) is 3. The van der Waals surface area contributed by atoms with Crippen LogP contribution in [0.1, 0.15) is 5.82 Å². The van der Waals surface area contributed by atoms with E-state index in [4.69, 9.17) is 4.74 Å². The summed E-state index contributed by atoms with van der Waals surface area (Å²) in [5.74, 6) is 1.23. The van der Waals surface area contributed by atoms with Gasteiger partial charge in [0.05, 0.1) is 11.0 Å². The number of ether oxygens (including phenoxy) is 1. The monoisotopic (exact) mass is 309 g/mol. The third kappa shape index (κ3) is 3.01. The second-order valence-corrected chi connectivity index (χ2v) is 4.25. The molecule has 92 valence electrons. The Morgan fingerprint density at radius 2 is 2.11 bits per heavy atom. The van der Waals surface area contributed by atoms with E-state index in [2.05, 4.69) is 25.9 Å². The normalized spacial score (nSPS) is 10.1. The number of hydrogen-bond donors (Lipinski definition) is 0. The lowest BCUT2D eigenvalue weighted by molar-refractivity contribution is -0.384. The number of aromatic nitrogens is 2. The Morgan fingerprint density at radius 3 is 2.78 bits per heavy atom. The number of rotatable bonds is 3. The number of halogens is 1. The minimum absolute atomic E-state index is 0.0302. The molecule has 0 saturated heterocycles. The van der Waals surface area contributed by atoms with Crippen molar-refractivity contribution in [2.24, 2.45) is 0 Å². The summed E-state index contributed by atoms with van der Waals surface area (Å²) in [6.45, 7) is 1.73. The summed E-state index contributed by atoms with van der Waals surface area (Å²) < 4.78 is 6.04. The van der Waals surface area contributed by atoms with Gasteiger partial charge in [0.25, 0.3) is 5.69 Å². The van der Waals surface area contributed by atoms with Crippen molar-refractivity contribution in [3.8, 4) is 11.6 Å². The molecule has 6 nitrogen and oxygen atoms in total. The molecule has 0 aliphatic rings. The fourth-order valence-electron chi connectivity index (χ4n) is 1.34. The molecule has 0 atom stereocenters. The molecule has 1 heterocycles. The van der Waals surface area contributed by atoms with Gasteiger partial charge in [-0.15, -0.1) is 0 Å². The predicted octanol–water partition coefficient (Wildman–Crippen LogP) is 3.25. The van der Waals surface area contributed by atoms with Gasteiger partial charge in [-0.3, -0.25) is 10.1 Å². The van der Waals surface area contributed by atoms with Crippen LogP contribution in [0.5, 0.6) is 11.6 Å². The van der Waals surface area contributed by atoms with E-state index < -0.39 is 4.92 Å². The summed E-state index contributed by atoms with van der Waals surface area (Å²) in [5.41, 5.74) is -0.0302. The SMILES string of the molecule is Cc1nc(Br)cc(Oc2cccc([N+](=O)[O-])c2)n1. The topological polar surface area (TPSA) is 78.2 Å². The average Bonchev–Trinajstić information content (AvgIpc) is 2.27. The average molecular weight is 310 g/mol. The van der Waals surface area contributed by atoms with E-state index in [-0.39, 0.29) is 5.69 Å². The zero-order chi connectivity index (χ0) is 13.1. The van der Waals surface area contributed by atoms with Crippen molar-refractivity contribution >= 4 is 21.6 Å². The third-order valence-corrected chi connectivity index (χ3v) is 2.44. The predicted molar refractivity (Wildman–Crippen MR) is 67.6 cm³/mol. The van der Waals surface area contributed by atoms with Gasteiger partial charge in [0.1, 0.15) is 16.2 Å². The Bertz CT molecular complexity index is 584. The van der Waals surface area contributed by atoms with Crippen LogP contribution in [-0.2, 0) is 0 Å². The molecule has 0 spiro atoms. The molecular weight excluding hydrogens is 302 g/mol. The fourth-order valence-corrected chi connectivity index (χ4v) is 1.79. The Labute approximate surface area is 111 Å². The molecule has 7 heteroatoms. The van der Waals surface area contributed by atoms with Crippen LogP contribution in [0.3, 0.4) is 0 Å². The van der Waals surface area contributed by atoms with Crippen molar-refractivity contribution < 1.29 is 9.66 Å². The lowest BCUT2D eigenvalue weighted by Gasteiger charge is -2.05. The molecule has 0 radical (unpaired) electrons. The van der Waals surface area contributed by atoms with E-state index in [0.29, 0.717) is 22.1 Å². The molecule has 0 aliphatic heterocycles. The van der Waals surface area contributed by atoms with Gasteiger partial charge in [-0.05, 0) is 28.9 Å². The number of nitro groups is 1. The first kappa shape index (κ1) is 12.4. The highest BCUT2D eigenvalue weighted by molar-refractivity contribution is 9.10. The molecular formula is C11H8BrN3O3. The Hall–Kier alpha value is -2.02. The van der Waals surface area contributed by atoms with Crippen molar-refractivity contribution in [3.63, 3.8) is 0 Å². The van der Waals surface area contributed by atoms with Crippen LogP contribution >= 0.6 is 15.9 Å². The number of nitro benzene ring substituents is 1. The van der Waals surface area contributed by atoms with E-state index in [0.717, 1.165) is 0 Å². The molecule has 0 aliphatic carbocycles. The summed E-state index contributed by atoms with van der Waals surface area (Å²) in [6, 6.07) is 7.50. The minimum atomic E-state index is -0.478. The summed E-state index contributed by atoms with van der Waals surface area (Å²) in [6.07, 6.45) is 0. The second kappa shape index (κ2) is 5.09. The summed E-state index contributed by atoms with van der Waals surface area (Å²) >= 11 is 3.22. The molecule has 0 saturated carbocycles. The molecule has 0 amide bonds. The number of benzene rings is 1. The number of hydrogen-bond acceptors (Lipinski definition) is 5. The van der Waals surface area contributed by atoms with Crippen molar-refractivity contribution in [2.75, 3.05) is 0 Å². The maximum absolute atomic E-state index is 10.6. The highest BCUT2D eigenvalue weighted by atomic mass is 79.9. The summed E-state index contributed by atoms with van der Waals surface area (Å²) in [5, 5.41) is 10.6. The fraction of sp³-hybridized carbons (Fsp3) is 0.0909. The quantitative estimate of drug-likeness (QED) is 0.494. The summed E-state index contributed by atoms with van der Waals surface area (Å²) in [4.78, 5) is 18.3. The van der Waals surface area contributed by atoms with Crippen molar-refractivity contribution in [3.05, 3.63) is 50.9 Å². The van der Waals surface area contributed by atoms with Gasteiger partial charge in [0.2, 0.25) is 5.88 Å². The Kier molecular flexibility index (Phi) is 3.52. The lowest BCUT2D eigenvalue weighted by atomic mass is 10.3. The molecule has 0 bridgehead atoms. The molecule has 2 aromatic rings. The van der Waals surface area contributed by atoms with Gasteiger partial charge in [0, 0.05) is 12.1 Å². The molecule has 0 unspecified atom stereocenters. The standard InChI is InChI=1S/C11H8BrN3O3/c1-7-13-10(12)6-11(14-7)18-9-4-2-3-8(5-9)15(16)17/h2-6H,1H3. The number of aryl methyl sites for hydroxylation is 1. The van der Waals surface area contributed by atoms with Gasteiger partial charge >= 0.3 is 0 Å². The third-order valence-electron chi connectivity index (χ3n) is 2.03. The Balaban J connectivity index is 2.28. The maximum Gasteiger partial charge on any atom is 0.273 e. The summed E-state index contributed by atoms with van der Waals surface area (Å²) in [7, 11) is 0. The lowest BCUT2D eigenvalue weighted by Crippen LogP contribution is -1.94. The van der Waals surface area contributed by atoms with Crippen LogP contribution in [0, 0.1) is 17.0 Å². The van der Waals surface area contributed by atoms with Crippen LogP contribution in [-0.4, -0.2) is 14.9 Å². The van der Waals surface area contributed by atoms with Crippen LogP contribution < -0.4 is 4.74 Å². The molecule has 0 fully saturated rings. The first-order valence-electron chi connectivity index (χ1n) is 4.98. The van der Waals surface area contributed by atoms with Gasteiger partial charge < -0.3 is 4.74 Å². The first-order valence-corrected chi connectivity index (χ1v) is 5.77. The smallest absolute Gasteiger partial charge is 0.273 e. The molecule has 1 aromatic heterocycles. The largest absolute Gasteiger partial charge is 0.439 e. The first-order chi connectivity index (χ1) is 8.54. The molecule has 2 rings (SSSR count). The van der Waals surface area contributed by atoms with Crippen LogP contribution in [0.2, 0.25) is 0 Å². The van der Waals surface area contributed by atoms with Gasteiger partial charge in [-0.2, -0.15) is 4.98 Å². The van der Waals surface area contributed by atoms with Crippen LogP contribution in [0.4, 0.5) is 5.69 Å². The van der Waals surface area contributed by atoms with Crippen molar-refractivity contribution in [1.29, 1.82) is 0 Å². The van der Waals surface area contributed by atoms with E-state index >= 15 is 0 Å². The van der Waals surface area contributed by atoms with Gasteiger partial charge in [0.15, 0.2) is 0 Å². The highest BCUT2D eigenvalue weighted by Crippen LogP contribution is 2.25. The molecule has 1 aromatic carbocycles. The highest BCUT2D eigenvalue weighted by Gasteiger charge is 2.08. The zero-order valence-electron chi connectivity index (χ0n) is 9.33. The Morgan fingerprint density at radius 1 is 1.33 bits per heavy atom. The zero-order valence-corrected chi connectivity index (χ0v) is 10.9. The second-order valence-electron chi connectivity index (χ2n) is 3.43. The van der Waals surface area contributed by atoms with Crippen molar-refractivity contribution in [1.82, 2.24) is 9.97 Å². The van der Waals surface area contributed by atoms with Crippen molar-refractivity contribution in [2.45, 2.75) is 6.92 Å². The number of non-ortho nitro benzene ring substituents is 1. The van der Waals surface area contributed by atoms with E-state index in [9.17, 15) is 10.1 Å². The van der Waals surface area contributed by atoms with E-state index in [1.807, 2.05) is 0 Å². The van der Waals surface area contributed by atoms with Crippen LogP contribution in [0.15, 0.2) is 34.9 Å². The minimum Gasteiger partial charge on any atom is -0.439 e. The van der Waals surface area contributed by atoms with E-state index in [1.165, 1.54) is 12.1 Å². The van der Waals surface area contributed by atoms with E-state index in [1.54, 1.807) is 25.1 Å². The van der Waals surface area contributed by atoms with Gasteiger partial charge in [-0.1, -0.05) is 6.07 Å². The molecule has 0 N–H and O–H groups in total. The maximum atomic E-state index is 10.6. The molecule has 18 heavy (non-hydrogen) atoms. The van der Waals surface area contributed by atoms with Crippen LogP contribution in [0.25, 0.3) is 0 Å².